The summed E-state index contributed by atoms with van der Waals surface area (Å²) >= 11 is 2.75. The van der Waals surface area contributed by atoms with Gasteiger partial charge in [-0.1, -0.05) is 60.3 Å². The summed E-state index contributed by atoms with van der Waals surface area (Å²) in [5.41, 5.74) is 2.64. The van der Waals surface area contributed by atoms with E-state index in [4.69, 9.17) is 9.47 Å². The largest absolute Gasteiger partial charge is 0.484 e. The molecule has 0 radical (unpaired) electrons. The Balaban J connectivity index is 1.27. The number of esters is 1. The third-order valence-corrected chi connectivity index (χ3v) is 9.64. The zero-order valence-electron chi connectivity index (χ0n) is 25.4. The molecule has 0 fully saturated rings. The van der Waals surface area contributed by atoms with Gasteiger partial charge in [0.25, 0.3) is 5.91 Å². The average molecular weight is 648 g/mol. The van der Waals surface area contributed by atoms with Crippen LogP contribution in [0.4, 0.5) is 5.00 Å². The average Bonchev–Trinajstić information content (AvgIpc) is 3.62. The number of carbonyl (C=O) groups excluding carboxylic acids is 3. The number of aromatic nitrogens is 3. The van der Waals surface area contributed by atoms with Crippen molar-refractivity contribution in [1.82, 2.24) is 20.1 Å². The van der Waals surface area contributed by atoms with Crippen LogP contribution in [0.2, 0.25) is 0 Å². The maximum absolute atomic E-state index is 13.5. The number of carbonyl (C=O) groups is 3. The molecule has 0 bridgehead atoms. The number of nitrogens with zero attached hydrogens (tertiary/aromatic N) is 3. The summed E-state index contributed by atoms with van der Waals surface area (Å²) in [5, 5.41) is 15.2. The van der Waals surface area contributed by atoms with Gasteiger partial charge in [-0.2, -0.15) is 0 Å². The second-order valence-corrected chi connectivity index (χ2v) is 13.0. The first-order chi connectivity index (χ1) is 21.9. The number of thiophene rings is 1. The second-order valence-electron chi connectivity index (χ2n) is 10.5. The molecule has 10 nitrogen and oxygen atoms in total. The van der Waals surface area contributed by atoms with Gasteiger partial charge in [0.05, 0.1) is 24.0 Å². The van der Waals surface area contributed by atoms with Crippen molar-refractivity contribution in [2.24, 2.45) is 0 Å². The first-order valence-electron chi connectivity index (χ1n) is 15.1. The van der Waals surface area contributed by atoms with E-state index in [0.29, 0.717) is 40.3 Å². The molecule has 0 spiro atoms. The molecule has 2 aromatic carbocycles. The van der Waals surface area contributed by atoms with Crippen LogP contribution in [-0.2, 0) is 46.7 Å². The standard InChI is InChI=1S/C33H37N5O5S2/c1-3-42-32(41)29-25-16-10-11-17-26(25)45-31(29)35-30(40)22(2)44-33-37-36-27(38(33)19-18-23-12-6-4-7-13-23)20-34-28(39)21-43-24-14-8-5-9-15-24/h4-9,12-15,22H,3,10-11,16-21H2,1-2H3,(H,34,39)(H,35,40). The number of hydrogen-bond acceptors (Lipinski definition) is 9. The fraction of sp³-hybridized carbons (Fsp3) is 0.364. The summed E-state index contributed by atoms with van der Waals surface area (Å²) in [6, 6.07) is 19.2. The molecule has 2 heterocycles. The van der Waals surface area contributed by atoms with Gasteiger partial charge >= 0.3 is 5.97 Å². The lowest BCUT2D eigenvalue weighted by atomic mass is 9.95. The summed E-state index contributed by atoms with van der Waals surface area (Å²) in [6.45, 7) is 4.44. The number of benzene rings is 2. The molecule has 1 aliphatic rings. The Morgan fingerprint density at radius 2 is 1.76 bits per heavy atom. The van der Waals surface area contributed by atoms with E-state index >= 15 is 0 Å². The summed E-state index contributed by atoms with van der Waals surface area (Å²) in [5.74, 6) is 0.268. The Morgan fingerprint density at radius 3 is 2.51 bits per heavy atom. The van der Waals surface area contributed by atoms with Gasteiger partial charge in [-0.25, -0.2) is 4.79 Å². The molecule has 1 unspecified atom stereocenters. The third kappa shape index (κ3) is 8.52. The van der Waals surface area contributed by atoms with E-state index in [2.05, 4.69) is 33.0 Å². The molecular formula is C33H37N5O5S2. The molecule has 236 valence electrons. The smallest absolute Gasteiger partial charge is 0.341 e. The maximum atomic E-state index is 13.5. The molecule has 4 aromatic rings. The van der Waals surface area contributed by atoms with Crippen molar-refractivity contribution in [1.29, 1.82) is 0 Å². The van der Waals surface area contributed by atoms with Crippen molar-refractivity contribution in [2.75, 3.05) is 18.5 Å². The summed E-state index contributed by atoms with van der Waals surface area (Å²) < 4.78 is 12.8. The van der Waals surface area contributed by atoms with Crippen molar-refractivity contribution < 1.29 is 23.9 Å². The van der Waals surface area contributed by atoms with E-state index in [1.807, 2.05) is 41.0 Å². The fourth-order valence-corrected chi connectivity index (χ4v) is 7.21. The molecular weight excluding hydrogens is 611 g/mol. The Labute approximate surface area is 270 Å². The van der Waals surface area contributed by atoms with Crippen molar-refractivity contribution in [3.63, 3.8) is 0 Å². The number of anilines is 1. The van der Waals surface area contributed by atoms with Crippen LogP contribution in [0.3, 0.4) is 0 Å². The van der Waals surface area contributed by atoms with Crippen LogP contribution in [0.5, 0.6) is 5.75 Å². The summed E-state index contributed by atoms with van der Waals surface area (Å²) in [4.78, 5) is 40.0. The van der Waals surface area contributed by atoms with Crippen molar-refractivity contribution in [2.45, 2.75) is 69.4 Å². The Bertz CT molecular complexity index is 1610. The zero-order chi connectivity index (χ0) is 31.6. The van der Waals surface area contributed by atoms with Gasteiger partial charge in [-0.05, 0) is 69.2 Å². The number of amides is 2. The molecule has 1 aliphatic carbocycles. The highest BCUT2D eigenvalue weighted by atomic mass is 32.2. The lowest BCUT2D eigenvalue weighted by Crippen LogP contribution is -2.30. The van der Waals surface area contributed by atoms with Crippen molar-refractivity contribution in [3.8, 4) is 5.75 Å². The van der Waals surface area contributed by atoms with E-state index in [1.54, 1.807) is 26.0 Å². The lowest BCUT2D eigenvalue weighted by Gasteiger charge is -2.15. The zero-order valence-corrected chi connectivity index (χ0v) is 27.0. The molecule has 0 saturated heterocycles. The Kier molecular flexibility index (Phi) is 11.3. The molecule has 45 heavy (non-hydrogen) atoms. The van der Waals surface area contributed by atoms with E-state index in [9.17, 15) is 14.4 Å². The number of nitrogens with one attached hydrogen (secondary N) is 2. The monoisotopic (exact) mass is 647 g/mol. The minimum atomic E-state index is -0.541. The normalized spacial score (nSPS) is 13.0. The highest BCUT2D eigenvalue weighted by Crippen LogP contribution is 2.39. The fourth-order valence-electron chi connectivity index (χ4n) is 5.04. The van der Waals surface area contributed by atoms with E-state index in [-0.39, 0.29) is 31.6 Å². The predicted octanol–water partition coefficient (Wildman–Crippen LogP) is 5.45. The number of ether oxygens (including phenoxy) is 2. The van der Waals surface area contributed by atoms with Crippen LogP contribution in [0, 0.1) is 0 Å². The molecule has 2 amide bonds. The highest BCUT2D eigenvalue weighted by Gasteiger charge is 2.29. The van der Waals surface area contributed by atoms with E-state index in [1.165, 1.54) is 23.1 Å². The third-order valence-electron chi connectivity index (χ3n) is 7.36. The second kappa shape index (κ2) is 15.7. The van der Waals surface area contributed by atoms with Crippen molar-refractivity contribution >= 4 is 45.9 Å². The lowest BCUT2D eigenvalue weighted by molar-refractivity contribution is -0.123. The van der Waals surface area contributed by atoms with Crippen LogP contribution in [0.25, 0.3) is 0 Å². The van der Waals surface area contributed by atoms with Gasteiger partial charge < -0.3 is 24.7 Å². The van der Waals surface area contributed by atoms with E-state index < -0.39 is 11.2 Å². The molecule has 1 atom stereocenters. The van der Waals surface area contributed by atoms with Gasteiger partial charge in [0.1, 0.15) is 10.8 Å². The maximum Gasteiger partial charge on any atom is 0.341 e. The number of aryl methyl sites for hydroxylation is 2. The summed E-state index contributed by atoms with van der Waals surface area (Å²) in [7, 11) is 0. The molecule has 0 saturated carbocycles. The number of rotatable bonds is 14. The molecule has 12 heteroatoms. The molecule has 2 N–H and O–H groups in total. The number of thioether (sulfide) groups is 1. The first kappa shape index (κ1) is 32.2. The first-order valence-corrected chi connectivity index (χ1v) is 16.8. The van der Waals surface area contributed by atoms with Crippen LogP contribution in [0.15, 0.2) is 65.8 Å². The highest BCUT2D eigenvalue weighted by molar-refractivity contribution is 8.00. The van der Waals surface area contributed by atoms with Crippen LogP contribution < -0.4 is 15.4 Å². The van der Waals surface area contributed by atoms with Crippen molar-refractivity contribution in [3.05, 3.63) is 88.1 Å². The van der Waals surface area contributed by atoms with Crippen LogP contribution in [-0.4, -0.2) is 51.0 Å². The van der Waals surface area contributed by atoms with E-state index in [0.717, 1.165) is 41.7 Å². The minimum Gasteiger partial charge on any atom is -0.484 e. The quantitative estimate of drug-likeness (QED) is 0.137. The van der Waals surface area contributed by atoms with Gasteiger partial charge in [-0.15, -0.1) is 21.5 Å². The van der Waals surface area contributed by atoms with Gasteiger partial charge in [-0.3, -0.25) is 9.59 Å². The molecule has 5 rings (SSSR count). The number of fused-ring (bicyclic) bond motifs is 1. The van der Waals surface area contributed by atoms with Gasteiger partial charge in [0.15, 0.2) is 17.6 Å². The predicted molar refractivity (Wildman–Crippen MR) is 175 cm³/mol. The Hall–Kier alpha value is -4.16. The minimum absolute atomic E-state index is 0.124. The SMILES string of the molecule is CCOC(=O)c1c(NC(=O)C(C)Sc2nnc(CNC(=O)COc3ccccc3)n2CCc2ccccc2)sc2c1CCCC2. The van der Waals surface area contributed by atoms with Crippen LogP contribution >= 0.6 is 23.1 Å². The number of para-hydroxylation sites is 1. The number of hydrogen-bond donors (Lipinski definition) is 2. The summed E-state index contributed by atoms with van der Waals surface area (Å²) in [6.07, 6.45) is 4.50. The molecule has 2 aromatic heterocycles. The Morgan fingerprint density at radius 1 is 1.02 bits per heavy atom. The van der Waals surface area contributed by atoms with Gasteiger partial charge in [0.2, 0.25) is 5.91 Å². The topological polar surface area (TPSA) is 124 Å². The molecule has 0 aliphatic heterocycles. The van der Waals surface area contributed by atoms with Gasteiger partial charge in [0, 0.05) is 11.4 Å². The van der Waals surface area contributed by atoms with Crippen LogP contribution in [0.1, 0.15) is 58.9 Å².